The first-order chi connectivity index (χ1) is 5.71. The molecule has 1 unspecified atom stereocenters. The molecular weight excluding hydrogens is 150 g/mol. The maximum Gasteiger partial charge on any atom is 0.150 e. The lowest BCUT2D eigenvalue weighted by Gasteiger charge is -2.16. The van der Waals surface area contributed by atoms with Crippen LogP contribution < -0.4 is 0 Å². The van der Waals surface area contributed by atoms with E-state index in [1.54, 1.807) is 0 Å². The van der Waals surface area contributed by atoms with E-state index in [0.29, 0.717) is 6.42 Å². The summed E-state index contributed by atoms with van der Waals surface area (Å²) in [6, 6.07) is 2.11. The fourth-order valence-corrected chi connectivity index (χ4v) is 1.42. The average molecular weight is 167 g/mol. The minimum Gasteiger partial charge on any atom is -0.298 e. The third-order valence-corrected chi connectivity index (χ3v) is 2.35. The van der Waals surface area contributed by atoms with Crippen molar-refractivity contribution in [3.63, 3.8) is 0 Å². The number of Topliss-reactive ketones (excluding diaryl/α,β-unsaturated/α-hetero) is 1. The average Bonchev–Trinajstić information content (AvgIpc) is 2.12. The van der Waals surface area contributed by atoms with Gasteiger partial charge in [-0.15, -0.1) is 0 Å². The molecule has 0 rings (SSSR count). The molecule has 0 aliphatic heterocycles. The first kappa shape index (κ1) is 11.2. The fourth-order valence-electron chi connectivity index (χ4n) is 1.42. The second-order valence-corrected chi connectivity index (χ2v) is 3.00. The summed E-state index contributed by atoms with van der Waals surface area (Å²) in [4.78, 5) is 11.3. The van der Waals surface area contributed by atoms with Gasteiger partial charge in [0.15, 0.2) is 0 Å². The number of carbonyl (C=O) groups excluding carboxylic acids is 1. The first-order valence-corrected chi connectivity index (χ1v) is 4.63. The zero-order valence-electron chi connectivity index (χ0n) is 8.13. The summed E-state index contributed by atoms with van der Waals surface area (Å²) in [6.45, 7) is 5.87. The predicted molar refractivity (Wildman–Crippen MR) is 48.5 cm³/mol. The van der Waals surface area contributed by atoms with E-state index < -0.39 is 0 Å². The molecule has 68 valence electrons. The van der Waals surface area contributed by atoms with Gasteiger partial charge in [-0.05, 0) is 5.92 Å². The van der Waals surface area contributed by atoms with Gasteiger partial charge < -0.3 is 0 Å². The SMILES string of the molecule is CCC(=O)C(C#N)C(CC)CC. The smallest absolute Gasteiger partial charge is 0.150 e. The lowest BCUT2D eigenvalue weighted by molar-refractivity contribution is -0.122. The molecule has 0 heterocycles. The topological polar surface area (TPSA) is 40.9 Å². The summed E-state index contributed by atoms with van der Waals surface area (Å²) in [7, 11) is 0. The summed E-state index contributed by atoms with van der Waals surface area (Å²) in [5.41, 5.74) is 0. The molecule has 0 saturated carbocycles. The normalized spacial score (nSPS) is 12.6. The Balaban J connectivity index is 4.33. The molecule has 0 bridgehead atoms. The van der Waals surface area contributed by atoms with Crippen LogP contribution in [-0.4, -0.2) is 5.78 Å². The van der Waals surface area contributed by atoms with Gasteiger partial charge in [0.1, 0.15) is 11.7 Å². The van der Waals surface area contributed by atoms with E-state index in [2.05, 4.69) is 6.07 Å². The Morgan fingerprint density at radius 2 is 1.83 bits per heavy atom. The van der Waals surface area contributed by atoms with Crippen LogP contribution in [0.2, 0.25) is 0 Å². The van der Waals surface area contributed by atoms with Crippen molar-refractivity contribution < 1.29 is 4.79 Å². The van der Waals surface area contributed by atoms with E-state index in [9.17, 15) is 4.79 Å². The van der Waals surface area contributed by atoms with Gasteiger partial charge in [-0.25, -0.2) is 0 Å². The highest BCUT2D eigenvalue weighted by atomic mass is 16.1. The van der Waals surface area contributed by atoms with Gasteiger partial charge in [0.05, 0.1) is 6.07 Å². The number of nitrogens with zero attached hydrogens (tertiary/aromatic N) is 1. The molecule has 0 aromatic carbocycles. The van der Waals surface area contributed by atoms with E-state index in [-0.39, 0.29) is 17.6 Å². The molecular formula is C10H17NO. The van der Waals surface area contributed by atoms with Crippen LogP contribution in [0.4, 0.5) is 0 Å². The van der Waals surface area contributed by atoms with Crippen molar-refractivity contribution in [2.24, 2.45) is 11.8 Å². The Morgan fingerprint density at radius 1 is 1.33 bits per heavy atom. The molecule has 2 heteroatoms. The van der Waals surface area contributed by atoms with Crippen LogP contribution in [0.5, 0.6) is 0 Å². The van der Waals surface area contributed by atoms with Gasteiger partial charge in [0, 0.05) is 6.42 Å². The van der Waals surface area contributed by atoms with Crippen LogP contribution >= 0.6 is 0 Å². The van der Waals surface area contributed by atoms with Crippen LogP contribution in [0.25, 0.3) is 0 Å². The highest BCUT2D eigenvalue weighted by Gasteiger charge is 2.23. The molecule has 12 heavy (non-hydrogen) atoms. The standard InChI is InChI=1S/C10H17NO/c1-4-8(5-2)9(7-11)10(12)6-3/h8-9H,4-6H2,1-3H3. The Morgan fingerprint density at radius 3 is 2.08 bits per heavy atom. The molecule has 0 aromatic rings. The van der Waals surface area contributed by atoms with Crippen molar-refractivity contribution in [2.75, 3.05) is 0 Å². The largest absolute Gasteiger partial charge is 0.298 e. The molecule has 0 amide bonds. The number of ketones is 1. The Hall–Kier alpha value is -0.840. The van der Waals surface area contributed by atoms with E-state index in [1.165, 1.54) is 0 Å². The molecule has 1 atom stereocenters. The molecule has 0 radical (unpaired) electrons. The molecule has 0 fully saturated rings. The number of nitriles is 1. The fraction of sp³-hybridized carbons (Fsp3) is 0.800. The van der Waals surface area contributed by atoms with E-state index >= 15 is 0 Å². The maximum absolute atomic E-state index is 11.3. The summed E-state index contributed by atoms with van der Waals surface area (Å²) in [6.07, 6.45) is 2.32. The van der Waals surface area contributed by atoms with Gasteiger partial charge in [-0.2, -0.15) is 5.26 Å². The van der Waals surface area contributed by atoms with Crippen molar-refractivity contribution in [1.29, 1.82) is 5.26 Å². The molecule has 2 nitrogen and oxygen atoms in total. The van der Waals surface area contributed by atoms with Crippen LogP contribution in [0.3, 0.4) is 0 Å². The Labute approximate surface area is 74.6 Å². The minimum atomic E-state index is -0.370. The third kappa shape index (κ3) is 2.65. The highest BCUT2D eigenvalue weighted by Crippen LogP contribution is 2.20. The lowest BCUT2D eigenvalue weighted by atomic mass is 9.85. The number of rotatable bonds is 5. The highest BCUT2D eigenvalue weighted by molar-refractivity contribution is 5.83. The van der Waals surface area contributed by atoms with E-state index in [4.69, 9.17) is 5.26 Å². The minimum absolute atomic E-state index is 0.0891. The third-order valence-electron chi connectivity index (χ3n) is 2.35. The second kappa shape index (κ2) is 5.77. The van der Waals surface area contributed by atoms with Gasteiger partial charge in [0.2, 0.25) is 0 Å². The molecule has 0 aliphatic carbocycles. The van der Waals surface area contributed by atoms with Gasteiger partial charge in [0.25, 0.3) is 0 Å². The summed E-state index contributed by atoms with van der Waals surface area (Å²) in [5.74, 6) is -0.0290. The zero-order valence-corrected chi connectivity index (χ0v) is 8.13. The second-order valence-electron chi connectivity index (χ2n) is 3.00. The number of carbonyl (C=O) groups is 1. The van der Waals surface area contributed by atoms with Crippen LogP contribution in [-0.2, 0) is 4.79 Å². The van der Waals surface area contributed by atoms with Gasteiger partial charge in [-0.1, -0.05) is 33.6 Å². The van der Waals surface area contributed by atoms with Crippen LogP contribution in [0.1, 0.15) is 40.0 Å². The predicted octanol–water partition coefficient (Wildman–Crippen LogP) is 2.54. The van der Waals surface area contributed by atoms with Crippen molar-refractivity contribution in [1.82, 2.24) is 0 Å². The molecule has 0 N–H and O–H groups in total. The van der Waals surface area contributed by atoms with Crippen molar-refractivity contribution in [2.45, 2.75) is 40.0 Å². The molecule has 0 saturated heterocycles. The Bertz CT molecular complexity index is 177. The summed E-state index contributed by atoms with van der Waals surface area (Å²) >= 11 is 0. The molecule has 0 aromatic heterocycles. The monoisotopic (exact) mass is 167 g/mol. The van der Waals surface area contributed by atoms with Gasteiger partial charge in [-0.3, -0.25) is 4.79 Å². The van der Waals surface area contributed by atoms with Crippen LogP contribution in [0.15, 0.2) is 0 Å². The quantitative estimate of drug-likeness (QED) is 0.631. The lowest BCUT2D eigenvalue weighted by Crippen LogP contribution is -2.20. The number of hydrogen-bond donors (Lipinski definition) is 0. The van der Waals surface area contributed by atoms with Crippen molar-refractivity contribution >= 4 is 5.78 Å². The summed E-state index contributed by atoms with van der Waals surface area (Å²) in [5, 5.41) is 8.79. The van der Waals surface area contributed by atoms with E-state index in [1.807, 2.05) is 20.8 Å². The van der Waals surface area contributed by atoms with Gasteiger partial charge >= 0.3 is 0 Å². The molecule has 0 aliphatic rings. The summed E-state index contributed by atoms with van der Waals surface area (Å²) < 4.78 is 0. The van der Waals surface area contributed by atoms with E-state index in [0.717, 1.165) is 12.8 Å². The zero-order chi connectivity index (χ0) is 9.56. The number of hydrogen-bond acceptors (Lipinski definition) is 2. The van der Waals surface area contributed by atoms with Crippen LogP contribution in [0, 0.1) is 23.2 Å². The first-order valence-electron chi connectivity index (χ1n) is 4.63. The van der Waals surface area contributed by atoms with Crippen molar-refractivity contribution in [3.8, 4) is 6.07 Å². The van der Waals surface area contributed by atoms with Crippen molar-refractivity contribution in [3.05, 3.63) is 0 Å². The Kier molecular flexibility index (Phi) is 5.36. The molecule has 0 spiro atoms. The maximum atomic E-state index is 11.3.